The lowest BCUT2D eigenvalue weighted by atomic mass is 9.86. The summed E-state index contributed by atoms with van der Waals surface area (Å²) in [6, 6.07) is 19.9. The summed E-state index contributed by atoms with van der Waals surface area (Å²) in [5, 5.41) is 0. The van der Waals surface area contributed by atoms with E-state index in [-0.39, 0.29) is 11.9 Å². The molecule has 27 heavy (non-hydrogen) atoms. The van der Waals surface area contributed by atoms with Crippen LogP contribution in [0.5, 0.6) is 0 Å². The molecule has 0 atom stereocenters. The number of urea groups is 1. The second-order valence-electron chi connectivity index (χ2n) is 7.51. The molecule has 0 saturated carbocycles. The van der Waals surface area contributed by atoms with Crippen molar-refractivity contribution in [2.24, 2.45) is 0 Å². The van der Waals surface area contributed by atoms with E-state index in [9.17, 15) is 9.59 Å². The monoisotopic (exact) mass is 363 g/mol. The Morgan fingerprint density at radius 2 is 1.33 bits per heavy atom. The topological polar surface area (TPSA) is 43.9 Å². The number of carbonyl (C=O) groups excluding carboxylic acids is 2. The summed E-state index contributed by atoms with van der Waals surface area (Å²) in [6.07, 6.45) is 1.37. The summed E-state index contributed by atoms with van der Waals surface area (Å²) in [6.45, 7) is 2.86. The van der Waals surface area contributed by atoms with Crippen LogP contribution >= 0.6 is 0 Å². The molecule has 0 unspecified atom stereocenters. The summed E-state index contributed by atoms with van der Waals surface area (Å²) < 4.78 is 0. The normalized spacial score (nSPS) is 19.9. The Bertz CT molecular complexity index is 814. The molecule has 2 aliphatic heterocycles. The molecule has 2 fully saturated rings. The molecule has 0 aromatic heterocycles. The van der Waals surface area contributed by atoms with E-state index >= 15 is 0 Å². The highest BCUT2D eigenvalue weighted by molar-refractivity contribution is 6.06. The number of nitrogens with zero attached hydrogens (tertiary/aromatic N) is 3. The van der Waals surface area contributed by atoms with Crippen molar-refractivity contribution in [3.8, 4) is 0 Å². The Labute approximate surface area is 160 Å². The van der Waals surface area contributed by atoms with Crippen molar-refractivity contribution < 1.29 is 9.59 Å². The number of benzene rings is 2. The Kier molecular flexibility index (Phi) is 4.70. The van der Waals surface area contributed by atoms with E-state index in [4.69, 9.17) is 0 Å². The van der Waals surface area contributed by atoms with Crippen LogP contribution in [0.3, 0.4) is 0 Å². The smallest absolute Gasteiger partial charge is 0.312 e. The minimum Gasteiger partial charge on any atom is -0.312 e. The number of likely N-dealkylation sites (tertiary alicyclic amines) is 1. The predicted octanol–water partition coefficient (Wildman–Crippen LogP) is 3.12. The van der Waals surface area contributed by atoms with Crippen LogP contribution in [-0.2, 0) is 17.9 Å². The minimum atomic E-state index is -0.681. The Hall–Kier alpha value is -2.66. The summed E-state index contributed by atoms with van der Waals surface area (Å²) >= 11 is 0. The highest BCUT2D eigenvalue weighted by Gasteiger charge is 2.56. The first-order valence-corrected chi connectivity index (χ1v) is 9.50. The van der Waals surface area contributed by atoms with Gasteiger partial charge in [0.2, 0.25) is 0 Å². The van der Waals surface area contributed by atoms with Gasteiger partial charge in [-0.05, 0) is 24.0 Å². The van der Waals surface area contributed by atoms with Gasteiger partial charge in [-0.3, -0.25) is 14.6 Å². The van der Waals surface area contributed by atoms with Crippen molar-refractivity contribution in [2.45, 2.75) is 31.5 Å². The Morgan fingerprint density at radius 3 is 1.89 bits per heavy atom. The van der Waals surface area contributed by atoms with Gasteiger partial charge >= 0.3 is 6.03 Å². The number of hydrogen-bond acceptors (Lipinski definition) is 3. The van der Waals surface area contributed by atoms with Crippen LogP contribution in [-0.4, -0.2) is 52.3 Å². The average Bonchev–Trinajstić information content (AvgIpc) is 2.87. The lowest BCUT2D eigenvalue weighted by Gasteiger charge is -2.40. The molecule has 0 N–H and O–H groups in total. The lowest BCUT2D eigenvalue weighted by molar-refractivity contribution is -0.135. The SMILES string of the molecule is CN1C(=O)N(Cc2ccccc2)C(=O)C12CCN(Cc1ccccc1)CC2. The van der Waals surface area contributed by atoms with Gasteiger partial charge < -0.3 is 4.90 Å². The zero-order valence-corrected chi connectivity index (χ0v) is 15.7. The molecule has 140 valence electrons. The quantitative estimate of drug-likeness (QED) is 0.784. The fourth-order valence-corrected chi connectivity index (χ4v) is 4.22. The third-order valence-electron chi connectivity index (χ3n) is 5.92. The Morgan fingerprint density at radius 1 is 0.815 bits per heavy atom. The van der Waals surface area contributed by atoms with Crippen LogP contribution in [0.4, 0.5) is 4.79 Å². The van der Waals surface area contributed by atoms with Crippen LogP contribution < -0.4 is 0 Å². The molecule has 0 aliphatic carbocycles. The Balaban J connectivity index is 1.45. The standard InChI is InChI=1S/C22H25N3O2/c1-23-21(27)25(17-19-10-6-3-7-11-19)20(26)22(23)12-14-24(15-13-22)16-18-8-4-2-5-9-18/h2-11H,12-17H2,1H3. The highest BCUT2D eigenvalue weighted by atomic mass is 16.2. The van der Waals surface area contributed by atoms with Crippen LogP contribution in [0.25, 0.3) is 0 Å². The average molecular weight is 363 g/mol. The van der Waals surface area contributed by atoms with E-state index in [1.165, 1.54) is 10.5 Å². The number of amides is 3. The summed E-state index contributed by atoms with van der Waals surface area (Å²) in [7, 11) is 1.78. The zero-order chi connectivity index (χ0) is 18.9. The summed E-state index contributed by atoms with van der Waals surface area (Å²) in [5.74, 6) is -0.0433. The maximum atomic E-state index is 13.2. The van der Waals surface area contributed by atoms with E-state index in [1.807, 2.05) is 36.4 Å². The second kappa shape index (κ2) is 7.16. The maximum Gasteiger partial charge on any atom is 0.327 e. The van der Waals surface area contributed by atoms with Crippen molar-refractivity contribution in [3.63, 3.8) is 0 Å². The molecule has 2 aromatic rings. The molecule has 2 aromatic carbocycles. The highest BCUT2D eigenvalue weighted by Crippen LogP contribution is 2.37. The van der Waals surface area contributed by atoms with Crippen molar-refractivity contribution in [2.75, 3.05) is 20.1 Å². The molecule has 2 saturated heterocycles. The van der Waals surface area contributed by atoms with Gasteiger partial charge in [0, 0.05) is 26.7 Å². The van der Waals surface area contributed by atoms with Gasteiger partial charge in [0.05, 0.1) is 6.54 Å². The molecular formula is C22H25N3O2. The zero-order valence-electron chi connectivity index (χ0n) is 15.7. The third kappa shape index (κ3) is 3.23. The molecular weight excluding hydrogens is 338 g/mol. The number of carbonyl (C=O) groups is 2. The fourth-order valence-electron chi connectivity index (χ4n) is 4.22. The molecule has 2 aliphatic rings. The van der Waals surface area contributed by atoms with Crippen LogP contribution in [0.2, 0.25) is 0 Å². The van der Waals surface area contributed by atoms with Crippen molar-refractivity contribution >= 4 is 11.9 Å². The van der Waals surface area contributed by atoms with Gasteiger partial charge in [-0.25, -0.2) is 4.79 Å². The van der Waals surface area contributed by atoms with E-state index in [0.717, 1.165) is 25.2 Å². The van der Waals surface area contributed by atoms with Gasteiger partial charge in [0.25, 0.3) is 5.91 Å². The molecule has 5 nitrogen and oxygen atoms in total. The van der Waals surface area contributed by atoms with Gasteiger partial charge in [-0.15, -0.1) is 0 Å². The first kappa shape index (κ1) is 17.7. The van der Waals surface area contributed by atoms with E-state index in [1.54, 1.807) is 11.9 Å². The molecule has 0 bridgehead atoms. The number of rotatable bonds is 4. The van der Waals surface area contributed by atoms with Crippen molar-refractivity contribution in [1.82, 2.24) is 14.7 Å². The molecule has 2 heterocycles. The summed E-state index contributed by atoms with van der Waals surface area (Å²) in [5.41, 5.74) is 1.58. The van der Waals surface area contributed by atoms with Gasteiger partial charge in [0.1, 0.15) is 5.54 Å². The van der Waals surface area contributed by atoms with Crippen LogP contribution in [0, 0.1) is 0 Å². The minimum absolute atomic E-state index is 0.0433. The van der Waals surface area contributed by atoms with Gasteiger partial charge in [-0.1, -0.05) is 60.7 Å². The number of hydrogen-bond donors (Lipinski definition) is 0. The maximum absolute atomic E-state index is 13.2. The molecule has 1 spiro atoms. The van der Waals surface area contributed by atoms with Gasteiger partial charge in [0.15, 0.2) is 0 Å². The molecule has 3 amide bonds. The van der Waals surface area contributed by atoms with Gasteiger partial charge in [-0.2, -0.15) is 0 Å². The number of piperidine rings is 1. The number of likely N-dealkylation sites (N-methyl/N-ethyl adjacent to an activating group) is 1. The molecule has 5 heteroatoms. The first-order chi connectivity index (χ1) is 13.1. The first-order valence-electron chi connectivity index (χ1n) is 9.50. The van der Waals surface area contributed by atoms with Crippen molar-refractivity contribution in [3.05, 3.63) is 71.8 Å². The third-order valence-corrected chi connectivity index (χ3v) is 5.92. The fraction of sp³-hybridized carbons (Fsp3) is 0.364. The molecule has 4 rings (SSSR count). The molecule has 0 radical (unpaired) electrons. The summed E-state index contributed by atoms with van der Waals surface area (Å²) in [4.78, 5) is 31.5. The van der Waals surface area contributed by atoms with E-state index in [2.05, 4.69) is 29.2 Å². The predicted molar refractivity (Wildman–Crippen MR) is 104 cm³/mol. The largest absolute Gasteiger partial charge is 0.327 e. The van der Waals surface area contributed by atoms with Crippen LogP contribution in [0.15, 0.2) is 60.7 Å². The van der Waals surface area contributed by atoms with Crippen LogP contribution in [0.1, 0.15) is 24.0 Å². The van der Waals surface area contributed by atoms with E-state index in [0.29, 0.717) is 19.4 Å². The second-order valence-corrected chi connectivity index (χ2v) is 7.51. The lowest BCUT2D eigenvalue weighted by Crippen LogP contribution is -2.55. The van der Waals surface area contributed by atoms with E-state index < -0.39 is 5.54 Å². The van der Waals surface area contributed by atoms with Crippen molar-refractivity contribution in [1.29, 1.82) is 0 Å². The number of imide groups is 1.